The number of hydrogen-bond acceptors (Lipinski definition) is 4. The Morgan fingerprint density at radius 3 is 2.35 bits per heavy atom. The maximum absolute atomic E-state index is 11.0. The standard InChI is InChI=1S/C25H24ClNO4/c1-2-23(20-10-8-19(9-11-20)18-6-4-3-5-7-18)27-31-15-14-30-24-17-22(26)13-12-21(24)16-25(28)29/h3-13,17H,2,14-16H2,1H3,(H,28,29)/b27-23+. The molecule has 3 aromatic rings. The number of carboxylic acids is 1. The van der Waals surface area contributed by atoms with E-state index in [1.807, 2.05) is 37.3 Å². The summed E-state index contributed by atoms with van der Waals surface area (Å²) in [6.45, 7) is 2.47. The maximum Gasteiger partial charge on any atom is 0.307 e. The Kier molecular flexibility index (Phi) is 8.07. The smallest absolute Gasteiger partial charge is 0.307 e. The Bertz CT molecular complexity index is 1030. The van der Waals surface area contributed by atoms with E-state index in [1.54, 1.807) is 18.2 Å². The molecule has 160 valence electrons. The molecule has 0 atom stereocenters. The topological polar surface area (TPSA) is 68.1 Å². The lowest BCUT2D eigenvalue weighted by Gasteiger charge is -2.11. The maximum atomic E-state index is 11.0. The number of halogens is 1. The molecule has 1 N–H and O–H groups in total. The molecule has 0 unspecified atom stereocenters. The molecule has 5 nitrogen and oxygen atoms in total. The number of ether oxygens (including phenoxy) is 1. The van der Waals surface area contributed by atoms with Crippen LogP contribution >= 0.6 is 11.6 Å². The van der Waals surface area contributed by atoms with Crippen LogP contribution in [0.4, 0.5) is 0 Å². The lowest BCUT2D eigenvalue weighted by Crippen LogP contribution is -2.09. The number of hydrogen-bond donors (Lipinski definition) is 1. The van der Waals surface area contributed by atoms with Gasteiger partial charge in [-0.05, 0) is 35.2 Å². The number of carbonyl (C=O) groups is 1. The van der Waals surface area contributed by atoms with Crippen LogP contribution in [0.15, 0.2) is 78.0 Å². The second-order valence-electron chi connectivity index (χ2n) is 6.84. The van der Waals surface area contributed by atoms with Crippen molar-refractivity contribution in [3.63, 3.8) is 0 Å². The second-order valence-corrected chi connectivity index (χ2v) is 7.28. The van der Waals surface area contributed by atoms with E-state index >= 15 is 0 Å². The van der Waals surface area contributed by atoms with Gasteiger partial charge in [0.05, 0.1) is 12.1 Å². The minimum absolute atomic E-state index is 0.134. The summed E-state index contributed by atoms with van der Waals surface area (Å²) < 4.78 is 5.66. The summed E-state index contributed by atoms with van der Waals surface area (Å²) in [5.41, 5.74) is 4.72. The van der Waals surface area contributed by atoms with Gasteiger partial charge in [0.15, 0.2) is 6.61 Å². The zero-order valence-electron chi connectivity index (χ0n) is 17.3. The minimum atomic E-state index is -0.932. The largest absolute Gasteiger partial charge is 0.490 e. The average molecular weight is 438 g/mol. The average Bonchev–Trinajstić information content (AvgIpc) is 2.78. The van der Waals surface area contributed by atoms with Crippen LogP contribution in [-0.4, -0.2) is 30.0 Å². The van der Waals surface area contributed by atoms with E-state index in [4.69, 9.17) is 26.3 Å². The van der Waals surface area contributed by atoms with Crippen molar-refractivity contribution in [2.75, 3.05) is 13.2 Å². The molecule has 0 spiro atoms. The monoisotopic (exact) mass is 437 g/mol. The first-order chi connectivity index (χ1) is 15.1. The van der Waals surface area contributed by atoms with Crippen molar-refractivity contribution in [2.24, 2.45) is 5.16 Å². The van der Waals surface area contributed by atoms with Crippen molar-refractivity contribution in [1.82, 2.24) is 0 Å². The highest BCUT2D eigenvalue weighted by atomic mass is 35.5. The van der Waals surface area contributed by atoms with E-state index in [2.05, 4.69) is 29.4 Å². The molecular formula is C25H24ClNO4. The summed E-state index contributed by atoms with van der Waals surface area (Å²) >= 11 is 5.99. The van der Waals surface area contributed by atoms with Crippen LogP contribution in [-0.2, 0) is 16.1 Å². The van der Waals surface area contributed by atoms with Gasteiger partial charge in [0, 0.05) is 10.6 Å². The van der Waals surface area contributed by atoms with Crippen LogP contribution in [0.2, 0.25) is 5.02 Å². The number of nitrogens with zero attached hydrogens (tertiary/aromatic N) is 1. The predicted molar refractivity (Wildman–Crippen MR) is 123 cm³/mol. The quantitative estimate of drug-likeness (QED) is 0.245. The highest BCUT2D eigenvalue weighted by Gasteiger charge is 2.09. The third-order valence-electron chi connectivity index (χ3n) is 4.64. The van der Waals surface area contributed by atoms with Crippen molar-refractivity contribution in [3.05, 3.63) is 88.9 Å². The lowest BCUT2D eigenvalue weighted by atomic mass is 10.0. The van der Waals surface area contributed by atoms with Gasteiger partial charge in [0.2, 0.25) is 0 Å². The summed E-state index contributed by atoms with van der Waals surface area (Å²) in [6.07, 6.45) is 0.590. The SMILES string of the molecule is CC/C(=N\OCCOc1cc(Cl)ccc1CC(=O)O)c1ccc(-c2ccccc2)cc1. The van der Waals surface area contributed by atoms with Crippen LogP contribution in [0.5, 0.6) is 5.75 Å². The van der Waals surface area contributed by atoms with Crippen molar-refractivity contribution in [2.45, 2.75) is 19.8 Å². The van der Waals surface area contributed by atoms with Crippen molar-refractivity contribution in [3.8, 4) is 16.9 Å². The molecule has 0 radical (unpaired) electrons. The number of carboxylic acid groups (broad SMARTS) is 1. The third-order valence-corrected chi connectivity index (χ3v) is 4.87. The van der Waals surface area contributed by atoms with Gasteiger partial charge >= 0.3 is 5.97 Å². The summed E-state index contributed by atoms with van der Waals surface area (Å²) in [5.74, 6) is -0.492. The number of aliphatic carboxylic acids is 1. The molecule has 0 bridgehead atoms. The molecule has 0 aliphatic carbocycles. The van der Waals surface area contributed by atoms with Gasteiger partial charge in [-0.15, -0.1) is 0 Å². The van der Waals surface area contributed by atoms with E-state index in [0.29, 0.717) is 16.3 Å². The molecule has 0 heterocycles. The van der Waals surface area contributed by atoms with Crippen LogP contribution < -0.4 is 4.74 Å². The lowest BCUT2D eigenvalue weighted by molar-refractivity contribution is -0.136. The molecule has 6 heteroatoms. The highest BCUT2D eigenvalue weighted by molar-refractivity contribution is 6.30. The zero-order valence-corrected chi connectivity index (χ0v) is 18.0. The number of oxime groups is 1. The number of rotatable bonds is 10. The molecule has 0 saturated heterocycles. The van der Waals surface area contributed by atoms with Gasteiger partial charge in [-0.25, -0.2) is 0 Å². The minimum Gasteiger partial charge on any atom is -0.490 e. The molecule has 31 heavy (non-hydrogen) atoms. The second kappa shape index (κ2) is 11.2. The van der Waals surface area contributed by atoms with Gasteiger partial charge in [-0.1, -0.05) is 84.3 Å². The van der Waals surface area contributed by atoms with E-state index < -0.39 is 5.97 Å². The van der Waals surface area contributed by atoms with Crippen molar-refractivity contribution < 1.29 is 19.5 Å². The highest BCUT2D eigenvalue weighted by Crippen LogP contribution is 2.24. The Hall–Kier alpha value is -3.31. The summed E-state index contributed by atoms with van der Waals surface area (Å²) in [7, 11) is 0. The molecule has 0 fully saturated rings. The molecule has 3 aromatic carbocycles. The fourth-order valence-corrected chi connectivity index (χ4v) is 3.25. The molecule has 3 rings (SSSR count). The molecule has 0 saturated carbocycles. The van der Waals surface area contributed by atoms with Crippen LogP contribution in [0.25, 0.3) is 11.1 Å². The first-order valence-electron chi connectivity index (χ1n) is 10.0. The van der Waals surface area contributed by atoms with Crippen molar-refractivity contribution in [1.29, 1.82) is 0 Å². The van der Waals surface area contributed by atoms with Gasteiger partial charge in [0.25, 0.3) is 0 Å². The fourth-order valence-electron chi connectivity index (χ4n) is 3.09. The molecule has 0 aliphatic heterocycles. The van der Waals surface area contributed by atoms with Crippen LogP contribution in [0, 0.1) is 0 Å². The molecular weight excluding hydrogens is 414 g/mol. The first-order valence-corrected chi connectivity index (χ1v) is 10.4. The normalized spacial score (nSPS) is 11.2. The predicted octanol–water partition coefficient (Wildman–Crippen LogP) is 5.84. The molecule has 0 amide bonds. The summed E-state index contributed by atoms with van der Waals surface area (Å²) in [6, 6.07) is 23.3. The van der Waals surface area contributed by atoms with E-state index in [-0.39, 0.29) is 19.6 Å². The first kappa shape index (κ1) is 22.4. The summed E-state index contributed by atoms with van der Waals surface area (Å²) in [4.78, 5) is 16.4. The Balaban J connectivity index is 1.56. The Morgan fingerprint density at radius 1 is 0.968 bits per heavy atom. The van der Waals surface area contributed by atoms with E-state index in [1.165, 1.54) is 5.56 Å². The van der Waals surface area contributed by atoms with Gasteiger partial charge in [-0.2, -0.15) is 0 Å². The van der Waals surface area contributed by atoms with Crippen LogP contribution in [0.1, 0.15) is 24.5 Å². The van der Waals surface area contributed by atoms with E-state index in [0.717, 1.165) is 23.3 Å². The number of benzene rings is 3. The van der Waals surface area contributed by atoms with Crippen LogP contribution in [0.3, 0.4) is 0 Å². The van der Waals surface area contributed by atoms with Gasteiger partial charge < -0.3 is 14.7 Å². The Morgan fingerprint density at radius 2 is 1.68 bits per heavy atom. The molecule has 0 aromatic heterocycles. The van der Waals surface area contributed by atoms with Gasteiger partial charge in [0.1, 0.15) is 12.4 Å². The van der Waals surface area contributed by atoms with Gasteiger partial charge in [-0.3, -0.25) is 4.79 Å². The van der Waals surface area contributed by atoms with E-state index in [9.17, 15) is 4.79 Å². The fraction of sp³-hybridized carbons (Fsp3) is 0.200. The summed E-state index contributed by atoms with van der Waals surface area (Å²) in [5, 5.41) is 13.8. The third kappa shape index (κ3) is 6.59. The Labute approximate surface area is 186 Å². The van der Waals surface area contributed by atoms with Crippen molar-refractivity contribution >= 4 is 23.3 Å². The zero-order chi connectivity index (χ0) is 22.1. The molecule has 0 aliphatic rings.